The predicted octanol–water partition coefficient (Wildman–Crippen LogP) is 5.00. The Labute approximate surface area is 186 Å². The first kappa shape index (κ1) is 18.6. The van der Waals surface area contributed by atoms with Crippen LogP contribution in [0.3, 0.4) is 0 Å². The van der Waals surface area contributed by atoms with E-state index in [0.29, 0.717) is 22.9 Å². The van der Waals surface area contributed by atoms with Gasteiger partial charge in [-0.1, -0.05) is 0 Å². The van der Waals surface area contributed by atoms with Crippen LogP contribution in [0.5, 0.6) is 5.75 Å². The summed E-state index contributed by atoms with van der Waals surface area (Å²) in [6, 6.07) is 10.2. The fourth-order valence-electron chi connectivity index (χ4n) is 3.73. The van der Waals surface area contributed by atoms with Crippen molar-refractivity contribution >= 4 is 33.5 Å². The van der Waals surface area contributed by atoms with Gasteiger partial charge in [-0.25, -0.2) is 15.0 Å². The molecule has 0 aliphatic carbocycles. The van der Waals surface area contributed by atoms with Crippen molar-refractivity contribution in [2.24, 2.45) is 0 Å². The van der Waals surface area contributed by atoms with Crippen molar-refractivity contribution in [2.45, 2.75) is 6.92 Å². The molecule has 156 valence electrons. The Morgan fingerprint density at radius 1 is 0.969 bits per heavy atom. The van der Waals surface area contributed by atoms with Gasteiger partial charge in [0.25, 0.3) is 0 Å². The maximum atomic E-state index is 5.30. The molecule has 0 radical (unpaired) electrons. The van der Waals surface area contributed by atoms with Crippen LogP contribution in [0.1, 0.15) is 4.88 Å². The van der Waals surface area contributed by atoms with E-state index >= 15 is 0 Å². The minimum atomic E-state index is 0.641. The number of aryl methyl sites for hydroxylation is 1. The first-order chi connectivity index (χ1) is 15.7. The van der Waals surface area contributed by atoms with Crippen molar-refractivity contribution in [1.29, 1.82) is 0 Å². The maximum Gasteiger partial charge on any atom is 0.161 e. The van der Waals surface area contributed by atoms with E-state index in [1.54, 1.807) is 43.2 Å². The Morgan fingerprint density at radius 3 is 2.72 bits per heavy atom. The predicted molar refractivity (Wildman–Crippen MR) is 125 cm³/mol. The molecule has 6 aromatic rings. The highest BCUT2D eigenvalue weighted by Gasteiger charge is 2.17. The van der Waals surface area contributed by atoms with E-state index in [0.717, 1.165) is 38.1 Å². The summed E-state index contributed by atoms with van der Waals surface area (Å²) in [7, 11) is 1.62. The lowest BCUT2D eigenvalue weighted by atomic mass is 10.1. The number of hydrogen-bond acceptors (Lipinski definition) is 7. The molecule has 0 amide bonds. The number of imidazole rings is 1. The van der Waals surface area contributed by atoms with Gasteiger partial charge < -0.3 is 9.72 Å². The summed E-state index contributed by atoms with van der Waals surface area (Å²) in [5.74, 6) is 1.33. The van der Waals surface area contributed by atoms with Crippen molar-refractivity contribution in [3.63, 3.8) is 0 Å². The summed E-state index contributed by atoms with van der Waals surface area (Å²) < 4.78 is 5.30. The minimum absolute atomic E-state index is 0.641. The second-order valence-corrected chi connectivity index (χ2v) is 8.65. The van der Waals surface area contributed by atoms with Crippen molar-refractivity contribution in [3.8, 4) is 38.8 Å². The SMILES string of the molecule is COc1cncc(-c2cnc3[nH]nc(-c4nc5c(-c6ccc(C)s6)ccnc5[nH]4)c3c2)c1. The summed E-state index contributed by atoms with van der Waals surface area (Å²) in [6.07, 6.45) is 7.04. The molecule has 32 heavy (non-hydrogen) atoms. The molecule has 6 heterocycles. The van der Waals surface area contributed by atoms with Gasteiger partial charge in [0.1, 0.15) is 17.0 Å². The van der Waals surface area contributed by atoms with Crippen molar-refractivity contribution in [1.82, 2.24) is 35.1 Å². The van der Waals surface area contributed by atoms with Crippen LogP contribution < -0.4 is 4.74 Å². The first-order valence-corrected chi connectivity index (χ1v) is 10.8. The number of fused-ring (bicyclic) bond motifs is 2. The van der Waals surface area contributed by atoms with Crippen LogP contribution in [-0.4, -0.2) is 42.2 Å². The molecule has 0 aliphatic rings. The van der Waals surface area contributed by atoms with Crippen LogP contribution in [-0.2, 0) is 0 Å². The summed E-state index contributed by atoms with van der Waals surface area (Å²) in [6.45, 7) is 2.10. The topological polar surface area (TPSA) is 105 Å². The van der Waals surface area contributed by atoms with E-state index in [9.17, 15) is 0 Å². The summed E-state index contributed by atoms with van der Waals surface area (Å²) in [5, 5.41) is 8.35. The van der Waals surface area contributed by atoms with Gasteiger partial charge in [-0.3, -0.25) is 10.1 Å². The zero-order valence-electron chi connectivity index (χ0n) is 17.2. The van der Waals surface area contributed by atoms with Gasteiger partial charge >= 0.3 is 0 Å². The molecule has 0 atom stereocenters. The third-order valence-corrected chi connectivity index (χ3v) is 6.35. The second kappa shape index (κ2) is 7.24. The zero-order chi connectivity index (χ0) is 21.7. The van der Waals surface area contributed by atoms with Crippen molar-refractivity contribution in [3.05, 3.63) is 60.0 Å². The molecule has 6 aromatic heterocycles. The molecule has 0 aliphatic heterocycles. The highest BCUT2D eigenvalue weighted by molar-refractivity contribution is 7.15. The summed E-state index contributed by atoms with van der Waals surface area (Å²) >= 11 is 1.74. The third-order valence-electron chi connectivity index (χ3n) is 5.31. The van der Waals surface area contributed by atoms with E-state index in [1.807, 2.05) is 18.2 Å². The molecule has 6 rings (SSSR count). The molecule has 2 N–H and O–H groups in total. The molecule has 0 bridgehead atoms. The van der Waals surface area contributed by atoms with E-state index in [2.05, 4.69) is 49.2 Å². The van der Waals surface area contributed by atoms with Crippen LogP contribution >= 0.6 is 11.3 Å². The number of ether oxygens (including phenoxy) is 1. The van der Waals surface area contributed by atoms with Crippen LogP contribution in [0.15, 0.2) is 55.1 Å². The molecule has 0 fully saturated rings. The molecule has 0 unspecified atom stereocenters. The largest absolute Gasteiger partial charge is 0.495 e. The smallest absolute Gasteiger partial charge is 0.161 e. The molecular weight excluding hydrogens is 422 g/mol. The maximum absolute atomic E-state index is 5.30. The highest BCUT2D eigenvalue weighted by atomic mass is 32.1. The number of aromatic amines is 2. The van der Waals surface area contributed by atoms with Gasteiger partial charge in [0, 0.05) is 45.0 Å². The Balaban J connectivity index is 1.49. The first-order valence-electron chi connectivity index (χ1n) is 9.95. The minimum Gasteiger partial charge on any atom is -0.495 e. The van der Waals surface area contributed by atoms with E-state index in [1.165, 1.54) is 4.88 Å². The average Bonchev–Trinajstić information content (AvgIpc) is 3.55. The zero-order valence-corrected chi connectivity index (χ0v) is 18.1. The van der Waals surface area contributed by atoms with Crippen molar-refractivity contribution < 1.29 is 4.74 Å². The van der Waals surface area contributed by atoms with E-state index in [-0.39, 0.29) is 0 Å². The van der Waals surface area contributed by atoms with Gasteiger partial charge in [-0.2, -0.15) is 5.10 Å². The third kappa shape index (κ3) is 3.02. The molecule has 9 heteroatoms. The lowest BCUT2D eigenvalue weighted by Gasteiger charge is -2.04. The molecule has 0 spiro atoms. The molecule has 8 nitrogen and oxygen atoms in total. The van der Waals surface area contributed by atoms with Crippen LogP contribution in [0, 0.1) is 6.92 Å². The van der Waals surface area contributed by atoms with E-state index in [4.69, 9.17) is 9.72 Å². The average molecular weight is 440 g/mol. The highest BCUT2D eigenvalue weighted by Crippen LogP contribution is 2.34. The quantitative estimate of drug-likeness (QED) is 0.400. The van der Waals surface area contributed by atoms with Gasteiger partial charge in [0.15, 0.2) is 17.1 Å². The number of aromatic nitrogens is 7. The van der Waals surface area contributed by atoms with Gasteiger partial charge in [-0.05, 0) is 37.3 Å². The normalized spacial score (nSPS) is 11.4. The fourth-order valence-corrected chi connectivity index (χ4v) is 4.62. The fraction of sp³-hybridized carbons (Fsp3) is 0.0870. The standard InChI is InChI=1S/C23H17N7OS/c1-12-3-4-18(32-12)16-5-6-25-22-19(16)27-23(28-22)20-17-8-14(10-26-21(17)30-29-20)13-7-15(31-2)11-24-9-13/h3-11H,1-2H3,(H,25,27,28)(H,26,29,30). The number of thiophene rings is 1. The summed E-state index contributed by atoms with van der Waals surface area (Å²) in [5.41, 5.74) is 5.79. The monoisotopic (exact) mass is 439 g/mol. The number of hydrogen-bond donors (Lipinski definition) is 2. The molecule has 0 saturated carbocycles. The Morgan fingerprint density at radius 2 is 1.88 bits per heavy atom. The number of nitrogens with one attached hydrogen (secondary N) is 2. The van der Waals surface area contributed by atoms with Gasteiger partial charge in [0.2, 0.25) is 0 Å². The Hall–Kier alpha value is -4.11. The molecule has 0 aromatic carbocycles. The van der Waals surface area contributed by atoms with E-state index < -0.39 is 0 Å². The Bertz CT molecular complexity index is 1600. The number of rotatable bonds is 4. The lowest BCUT2D eigenvalue weighted by molar-refractivity contribution is 0.413. The van der Waals surface area contributed by atoms with Crippen molar-refractivity contribution in [2.75, 3.05) is 7.11 Å². The number of nitrogens with zero attached hydrogens (tertiary/aromatic N) is 5. The number of H-pyrrole nitrogens is 2. The van der Waals surface area contributed by atoms with Crippen LogP contribution in [0.4, 0.5) is 0 Å². The van der Waals surface area contributed by atoms with Crippen LogP contribution in [0.25, 0.3) is 55.3 Å². The molecular formula is C23H17N7OS. The van der Waals surface area contributed by atoms with Gasteiger partial charge in [-0.15, -0.1) is 11.3 Å². The number of pyridine rings is 3. The Kier molecular flexibility index (Phi) is 4.22. The second-order valence-electron chi connectivity index (χ2n) is 7.36. The molecule has 0 saturated heterocycles. The number of methoxy groups -OCH3 is 1. The summed E-state index contributed by atoms with van der Waals surface area (Å²) in [4.78, 5) is 23.9. The van der Waals surface area contributed by atoms with Crippen LogP contribution in [0.2, 0.25) is 0 Å². The lowest BCUT2D eigenvalue weighted by Crippen LogP contribution is -1.87. The van der Waals surface area contributed by atoms with Gasteiger partial charge in [0.05, 0.1) is 18.7 Å².